The van der Waals surface area contributed by atoms with E-state index >= 15 is 0 Å². The number of sulfonamides is 1. The van der Waals surface area contributed by atoms with Gasteiger partial charge in [0.2, 0.25) is 19.9 Å². The van der Waals surface area contributed by atoms with Gasteiger partial charge >= 0.3 is 0 Å². The van der Waals surface area contributed by atoms with Crippen LogP contribution in [0.25, 0.3) is 0 Å². The molecule has 0 unspecified atom stereocenters. The predicted molar refractivity (Wildman–Crippen MR) is 120 cm³/mol. The van der Waals surface area contributed by atoms with Crippen LogP contribution in [0, 0.1) is 11.2 Å². The highest BCUT2D eigenvalue weighted by molar-refractivity contribution is 7.96. The summed E-state index contributed by atoms with van der Waals surface area (Å²) in [5.74, 6) is 2.98. The molecule has 3 N–H and O–H groups in total. The lowest BCUT2D eigenvalue weighted by Crippen LogP contribution is -2.46. The molecule has 1 aromatic heterocycles. The van der Waals surface area contributed by atoms with Gasteiger partial charge in [-0.15, -0.1) is 0 Å². The van der Waals surface area contributed by atoms with Gasteiger partial charge in [-0.1, -0.05) is 12.8 Å². The zero-order valence-corrected chi connectivity index (χ0v) is 18.8. The molecule has 0 radical (unpaired) electrons. The van der Waals surface area contributed by atoms with E-state index in [9.17, 15) is 16.8 Å². The lowest BCUT2D eigenvalue weighted by Gasteiger charge is -2.35. The third kappa shape index (κ3) is 5.95. The lowest BCUT2D eigenvalue weighted by atomic mass is 10.2. The van der Waals surface area contributed by atoms with Crippen molar-refractivity contribution in [1.29, 1.82) is 0 Å². The zero-order chi connectivity index (χ0) is 22.5. The van der Waals surface area contributed by atoms with E-state index in [0.717, 1.165) is 31.9 Å². The third-order valence-corrected chi connectivity index (χ3v) is 7.63. The van der Waals surface area contributed by atoms with Crippen LogP contribution in [0.15, 0.2) is 52.4 Å². The summed E-state index contributed by atoms with van der Waals surface area (Å²) in [7, 11) is -7.18. The van der Waals surface area contributed by atoms with Crippen LogP contribution in [0.5, 0.6) is 0 Å². The van der Waals surface area contributed by atoms with Crippen molar-refractivity contribution in [3.8, 4) is 11.2 Å². The van der Waals surface area contributed by atoms with Gasteiger partial charge in [0.15, 0.2) is 0 Å². The van der Waals surface area contributed by atoms with Gasteiger partial charge in [-0.25, -0.2) is 26.5 Å². The van der Waals surface area contributed by atoms with Crippen molar-refractivity contribution in [2.24, 2.45) is 0 Å². The second kappa shape index (κ2) is 9.65. The minimum absolute atomic E-state index is 0.0265. The Labute approximate surface area is 183 Å². The fraction of sp³-hybridized carbons (Fsp3) is 0.350. The van der Waals surface area contributed by atoms with E-state index in [1.807, 2.05) is 0 Å². The molecule has 11 heteroatoms. The first-order chi connectivity index (χ1) is 14.7. The highest BCUT2D eigenvalue weighted by Gasteiger charge is 2.18. The summed E-state index contributed by atoms with van der Waals surface area (Å²) in [6, 6.07) is 9.61. The fourth-order valence-electron chi connectivity index (χ4n) is 3.12. The molecule has 1 aliphatic rings. The standard InChI is InChI=1S/C20H25N5O4S2/c1-2-23-31(28,29)18-6-4-17(5-7-18)25-13-11-24(12-14-25)10-3-15-30(26,27)19-8-9-20(21)22-16-19/h4-9,16,23H,2,10-14H2,1H3,(H2,21,22). The van der Waals surface area contributed by atoms with Crippen molar-refractivity contribution < 1.29 is 16.8 Å². The first-order valence-electron chi connectivity index (χ1n) is 9.74. The molecule has 9 nitrogen and oxygen atoms in total. The number of nitrogens with two attached hydrogens (primary N) is 1. The maximum atomic E-state index is 12.2. The Kier molecular flexibility index (Phi) is 7.17. The van der Waals surface area contributed by atoms with Crippen LogP contribution in [-0.4, -0.2) is 66.0 Å². The van der Waals surface area contributed by atoms with Crippen molar-refractivity contribution in [2.45, 2.75) is 16.7 Å². The summed E-state index contributed by atoms with van der Waals surface area (Å²) in [5.41, 5.74) is 6.42. The number of aromatic nitrogens is 1. The normalized spacial score (nSPS) is 15.3. The molecular weight excluding hydrogens is 438 g/mol. The molecule has 31 heavy (non-hydrogen) atoms. The van der Waals surface area contributed by atoms with E-state index in [4.69, 9.17) is 5.73 Å². The van der Waals surface area contributed by atoms with Crippen molar-refractivity contribution in [1.82, 2.24) is 14.6 Å². The van der Waals surface area contributed by atoms with Crippen LogP contribution in [0.1, 0.15) is 6.92 Å². The predicted octanol–water partition coefficient (Wildman–Crippen LogP) is 0.519. The fourth-order valence-corrected chi connectivity index (χ4v) is 4.97. The maximum Gasteiger partial charge on any atom is 0.246 e. The van der Waals surface area contributed by atoms with Crippen molar-refractivity contribution in [3.05, 3.63) is 42.6 Å². The quantitative estimate of drug-likeness (QED) is 0.469. The molecule has 0 spiro atoms. The van der Waals surface area contributed by atoms with Crippen LogP contribution in [0.2, 0.25) is 0 Å². The topological polar surface area (TPSA) is 126 Å². The number of anilines is 2. The number of pyridine rings is 1. The van der Waals surface area contributed by atoms with E-state index in [2.05, 4.69) is 30.7 Å². The van der Waals surface area contributed by atoms with Crippen molar-refractivity contribution in [3.63, 3.8) is 0 Å². The average Bonchev–Trinajstić information content (AvgIpc) is 2.74. The molecule has 0 amide bonds. The SMILES string of the molecule is CCNS(=O)(=O)c1ccc(N2CCN(CC#CS(=O)(=O)c3ccc(N)nc3)CC2)cc1. The molecule has 1 saturated heterocycles. The first-order valence-corrected chi connectivity index (χ1v) is 12.7. The smallest absolute Gasteiger partial charge is 0.246 e. The molecule has 2 aromatic rings. The molecule has 1 aromatic carbocycles. The molecule has 0 saturated carbocycles. The molecule has 1 aliphatic heterocycles. The Balaban J connectivity index is 1.55. The van der Waals surface area contributed by atoms with Crippen LogP contribution >= 0.6 is 0 Å². The summed E-state index contributed by atoms with van der Waals surface area (Å²) in [6.45, 7) is 5.32. The Morgan fingerprint density at radius 3 is 2.23 bits per heavy atom. The highest BCUT2D eigenvalue weighted by Crippen LogP contribution is 2.19. The van der Waals surface area contributed by atoms with Crippen LogP contribution in [0.4, 0.5) is 11.5 Å². The molecular formula is C20H25N5O4S2. The van der Waals surface area contributed by atoms with Gasteiger partial charge in [0, 0.05) is 49.9 Å². The van der Waals surface area contributed by atoms with Gasteiger partial charge in [-0.2, -0.15) is 0 Å². The zero-order valence-electron chi connectivity index (χ0n) is 17.2. The minimum Gasteiger partial charge on any atom is -0.384 e. The molecule has 0 bridgehead atoms. The van der Waals surface area contributed by atoms with E-state index in [1.165, 1.54) is 18.3 Å². The Morgan fingerprint density at radius 1 is 1.00 bits per heavy atom. The second-order valence-corrected chi connectivity index (χ2v) is 10.4. The molecule has 3 rings (SSSR count). The summed E-state index contributed by atoms with van der Waals surface area (Å²) in [6.07, 6.45) is 1.20. The number of sulfone groups is 1. The third-order valence-electron chi connectivity index (χ3n) is 4.80. The number of rotatable bonds is 6. The second-order valence-electron chi connectivity index (χ2n) is 6.96. The van der Waals surface area contributed by atoms with Gasteiger partial charge in [0.05, 0.1) is 16.3 Å². The highest BCUT2D eigenvalue weighted by atomic mass is 32.2. The number of piperazine rings is 1. The Bertz CT molecular complexity index is 1160. The minimum atomic E-state index is -3.72. The Hall–Kier alpha value is -2.65. The summed E-state index contributed by atoms with van der Waals surface area (Å²) >= 11 is 0. The maximum absolute atomic E-state index is 12.2. The van der Waals surface area contributed by atoms with Gasteiger partial charge in [0.1, 0.15) is 5.82 Å². The van der Waals surface area contributed by atoms with Gasteiger partial charge in [-0.3, -0.25) is 4.90 Å². The van der Waals surface area contributed by atoms with E-state index in [-0.39, 0.29) is 15.6 Å². The number of nitrogen functional groups attached to an aromatic ring is 1. The largest absolute Gasteiger partial charge is 0.384 e. The van der Waals surface area contributed by atoms with Gasteiger partial charge in [0.25, 0.3) is 0 Å². The van der Waals surface area contributed by atoms with E-state index in [1.54, 1.807) is 31.2 Å². The molecule has 0 aliphatic carbocycles. The number of nitrogens with one attached hydrogen (secondary N) is 1. The van der Waals surface area contributed by atoms with Gasteiger partial charge in [-0.05, 0) is 36.4 Å². The Morgan fingerprint density at radius 2 is 1.65 bits per heavy atom. The summed E-state index contributed by atoms with van der Waals surface area (Å²) in [5, 5.41) is 2.34. The average molecular weight is 464 g/mol. The number of hydrogen-bond acceptors (Lipinski definition) is 8. The van der Waals surface area contributed by atoms with Crippen LogP contribution in [0.3, 0.4) is 0 Å². The molecule has 166 valence electrons. The number of benzene rings is 1. The monoisotopic (exact) mass is 463 g/mol. The molecule has 2 heterocycles. The van der Waals surface area contributed by atoms with Crippen LogP contribution < -0.4 is 15.4 Å². The lowest BCUT2D eigenvalue weighted by molar-refractivity contribution is 0.288. The van der Waals surface area contributed by atoms with E-state index < -0.39 is 19.9 Å². The summed E-state index contributed by atoms with van der Waals surface area (Å²) < 4.78 is 51.0. The number of hydrogen-bond donors (Lipinski definition) is 2. The summed E-state index contributed by atoms with van der Waals surface area (Å²) in [4.78, 5) is 8.28. The van der Waals surface area contributed by atoms with Gasteiger partial charge < -0.3 is 10.6 Å². The van der Waals surface area contributed by atoms with E-state index in [0.29, 0.717) is 13.1 Å². The van der Waals surface area contributed by atoms with Crippen molar-refractivity contribution >= 4 is 31.4 Å². The molecule has 0 atom stereocenters. The van der Waals surface area contributed by atoms with Crippen LogP contribution in [-0.2, 0) is 19.9 Å². The first kappa shape index (κ1) is 23.0. The van der Waals surface area contributed by atoms with Crippen molar-refractivity contribution in [2.75, 3.05) is 49.9 Å². The number of nitrogens with zero attached hydrogens (tertiary/aromatic N) is 3. The molecule has 1 fully saturated rings.